The standard InChI is InChI=1S/C18H18N4O2/c23-17-8-3-9-20-22(17)12-13-5-4-10-21(13)18(24)15-11-19-16-7-2-1-6-14(15)16/h1-3,6-9,11,13,19H,4-5,10,12H2. The molecule has 0 saturated carbocycles. The van der Waals surface area contributed by atoms with E-state index < -0.39 is 0 Å². The topological polar surface area (TPSA) is 71.0 Å². The van der Waals surface area contributed by atoms with Crippen LogP contribution in [0.25, 0.3) is 10.9 Å². The highest BCUT2D eigenvalue weighted by molar-refractivity contribution is 6.06. The molecule has 1 saturated heterocycles. The fourth-order valence-corrected chi connectivity index (χ4v) is 3.42. The predicted molar refractivity (Wildman–Crippen MR) is 90.9 cm³/mol. The van der Waals surface area contributed by atoms with Crippen LogP contribution in [-0.4, -0.2) is 38.2 Å². The number of nitrogens with one attached hydrogen (secondary N) is 1. The molecule has 1 unspecified atom stereocenters. The molecule has 6 heteroatoms. The normalized spacial score (nSPS) is 17.5. The second-order valence-electron chi connectivity index (χ2n) is 6.09. The molecule has 6 nitrogen and oxygen atoms in total. The van der Waals surface area contributed by atoms with Crippen molar-refractivity contribution in [2.45, 2.75) is 25.4 Å². The number of H-pyrrole nitrogens is 1. The summed E-state index contributed by atoms with van der Waals surface area (Å²) in [7, 11) is 0. The molecule has 1 N–H and O–H groups in total. The Hall–Kier alpha value is -2.89. The van der Waals surface area contributed by atoms with Crippen LogP contribution in [0.2, 0.25) is 0 Å². The summed E-state index contributed by atoms with van der Waals surface area (Å²) in [6.07, 6.45) is 5.20. The van der Waals surface area contributed by atoms with Crippen LogP contribution in [0.5, 0.6) is 0 Å². The summed E-state index contributed by atoms with van der Waals surface area (Å²) in [5, 5.41) is 5.04. The summed E-state index contributed by atoms with van der Waals surface area (Å²) < 4.78 is 1.44. The van der Waals surface area contributed by atoms with Gasteiger partial charge in [0.2, 0.25) is 0 Å². The van der Waals surface area contributed by atoms with Crippen molar-refractivity contribution in [3.8, 4) is 0 Å². The first kappa shape index (κ1) is 14.7. The molecule has 1 aliphatic heterocycles. The SMILES string of the molecule is O=C(c1c[nH]c2ccccc12)N1CCCC1Cn1ncccc1=O. The van der Waals surface area contributed by atoms with E-state index in [2.05, 4.69) is 10.1 Å². The molecular weight excluding hydrogens is 304 g/mol. The van der Waals surface area contributed by atoms with Crippen LogP contribution in [0.15, 0.2) is 53.6 Å². The van der Waals surface area contributed by atoms with Gasteiger partial charge < -0.3 is 9.88 Å². The summed E-state index contributed by atoms with van der Waals surface area (Å²) in [5.41, 5.74) is 1.51. The number of carbonyl (C=O) groups excluding carboxylic acids is 1. The van der Waals surface area contributed by atoms with E-state index in [1.165, 1.54) is 10.7 Å². The predicted octanol–water partition coefficient (Wildman–Crippen LogP) is 2.03. The van der Waals surface area contributed by atoms with Gasteiger partial charge in [0.1, 0.15) is 0 Å². The molecule has 1 aliphatic rings. The molecule has 1 aromatic carbocycles. The molecule has 4 rings (SSSR count). The Bertz CT molecular complexity index is 943. The number of rotatable bonds is 3. The number of amides is 1. The van der Waals surface area contributed by atoms with Crippen molar-refractivity contribution < 1.29 is 4.79 Å². The highest BCUT2D eigenvalue weighted by Crippen LogP contribution is 2.25. The molecule has 1 amide bonds. The second kappa shape index (κ2) is 5.96. The lowest BCUT2D eigenvalue weighted by molar-refractivity contribution is 0.0722. The average molecular weight is 322 g/mol. The summed E-state index contributed by atoms with van der Waals surface area (Å²) in [6, 6.07) is 10.9. The van der Waals surface area contributed by atoms with Crippen molar-refractivity contribution in [1.29, 1.82) is 0 Å². The van der Waals surface area contributed by atoms with Gasteiger partial charge in [0.05, 0.1) is 18.2 Å². The minimum absolute atomic E-state index is 0.00115. The maximum absolute atomic E-state index is 13.0. The van der Waals surface area contributed by atoms with Crippen LogP contribution in [-0.2, 0) is 6.54 Å². The molecule has 3 heterocycles. The molecule has 2 aromatic heterocycles. The molecule has 0 aliphatic carbocycles. The van der Waals surface area contributed by atoms with Gasteiger partial charge in [0.15, 0.2) is 0 Å². The van der Waals surface area contributed by atoms with Crippen LogP contribution in [0.3, 0.4) is 0 Å². The van der Waals surface area contributed by atoms with E-state index in [0.29, 0.717) is 18.7 Å². The van der Waals surface area contributed by atoms with Gasteiger partial charge in [0, 0.05) is 35.9 Å². The Balaban J connectivity index is 1.62. The Labute approximate surface area is 138 Å². The number of nitrogens with zero attached hydrogens (tertiary/aromatic N) is 3. The van der Waals surface area contributed by atoms with E-state index in [-0.39, 0.29) is 17.5 Å². The van der Waals surface area contributed by atoms with Crippen LogP contribution in [0.4, 0.5) is 0 Å². The highest BCUT2D eigenvalue weighted by Gasteiger charge is 2.31. The maximum atomic E-state index is 13.0. The molecule has 24 heavy (non-hydrogen) atoms. The van der Waals surface area contributed by atoms with Crippen molar-refractivity contribution in [3.05, 3.63) is 64.7 Å². The zero-order valence-corrected chi connectivity index (χ0v) is 13.2. The Morgan fingerprint density at radius 3 is 3.00 bits per heavy atom. The quantitative estimate of drug-likeness (QED) is 0.802. The van der Waals surface area contributed by atoms with Crippen LogP contribution < -0.4 is 5.56 Å². The van der Waals surface area contributed by atoms with E-state index in [4.69, 9.17) is 0 Å². The van der Waals surface area contributed by atoms with Gasteiger partial charge in [-0.1, -0.05) is 18.2 Å². The molecule has 0 spiro atoms. The van der Waals surface area contributed by atoms with Crippen LogP contribution >= 0.6 is 0 Å². The van der Waals surface area contributed by atoms with Crippen molar-refractivity contribution >= 4 is 16.8 Å². The molecule has 122 valence electrons. The third-order valence-electron chi connectivity index (χ3n) is 4.63. The number of aromatic nitrogens is 3. The van der Waals surface area contributed by atoms with Gasteiger partial charge in [-0.2, -0.15) is 5.10 Å². The van der Waals surface area contributed by atoms with Gasteiger partial charge in [0.25, 0.3) is 11.5 Å². The summed E-state index contributed by atoms with van der Waals surface area (Å²) in [4.78, 5) is 29.9. The van der Waals surface area contributed by atoms with E-state index >= 15 is 0 Å². The number of carbonyl (C=O) groups is 1. The number of para-hydroxylation sites is 1. The number of benzene rings is 1. The Kier molecular flexibility index (Phi) is 3.65. The molecule has 1 fully saturated rings. The smallest absolute Gasteiger partial charge is 0.266 e. The molecule has 1 atom stereocenters. The summed E-state index contributed by atoms with van der Waals surface area (Å²) in [6.45, 7) is 1.15. The van der Waals surface area contributed by atoms with Crippen LogP contribution in [0.1, 0.15) is 23.2 Å². The number of hydrogen-bond donors (Lipinski definition) is 1. The van der Waals surface area contributed by atoms with Gasteiger partial charge in [-0.25, -0.2) is 4.68 Å². The largest absolute Gasteiger partial charge is 0.360 e. The van der Waals surface area contributed by atoms with Gasteiger partial charge >= 0.3 is 0 Å². The first-order valence-electron chi connectivity index (χ1n) is 8.13. The van der Waals surface area contributed by atoms with E-state index in [1.54, 1.807) is 18.5 Å². The van der Waals surface area contributed by atoms with E-state index in [0.717, 1.165) is 23.7 Å². The minimum atomic E-state index is -0.135. The van der Waals surface area contributed by atoms with Crippen molar-refractivity contribution in [2.75, 3.05) is 6.54 Å². The Morgan fingerprint density at radius 1 is 1.25 bits per heavy atom. The third kappa shape index (κ3) is 2.50. The number of fused-ring (bicyclic) bond motifs is 1. The lowest BCUT2D eigenvalue weighted by Crippen LogP contribution is -2.40. The summed E-state index contributed by atoms with van der Waals surface area (Å²) in [5.74, 6) is 0.0129. The van der Waals surface area contributed by atoms with Gasteiger partial charge in [-0.05, 0) is 25.0 Å². The zero-order chi connectivity index (χ0) is 16.5. The fraction of sp³-hybridized carbons (Fsp3) is 0.278. The maximum Gasteiger partial charge on any atom is 0.266 e. The van der Waals surface area contributed by atoms with Gasteiger partial charge in [-0.3, -0.25) is 9.59 Å². The minimum Gasteiger partial charge on any atom is -0.360 e. The molecule has 3 aromatic rings. The highest BCUT2D eigenvalue weighted by atomic mass is 16.2. The molecule has 0 radical (unpaired) electrons. The monoisotopic (exact) mass is 322 g/mol. The first-order chi connectivity index (χ1) is 11.7. The Morgan fingerprint density at radius 2 is 2.12 bits per heavy atom. The molecular formula is C18H18N4O2. The third-order valence-corrected chi connectivity index (χ3v) is 4.63. The van der Waals surface area contributed by atoms with E-state index in [9.17, 15) is 9.59 Å². The lowest BCUT2D eigenvalue weighted by Gasteiger charge is -2.24. The molecule has 0 bridgehead atoms. The van der Waals surface area contributed by atoms with Crippen LogP contribution in [0, 0.1) is 0 Å². The average Bonchev–Trinajstić information content (AvgIpc) is 3.23. The number of likely N-dealkylation sites (tertiary alicyclic amines) is 1. The number of aromatic amines is 1. The second-order valence-corrected chi connectivity index (χ2v) is 6.09. The number of hydrogen-bond acceptors (Lipinski definition) is 3. The van der Waals surface area contributed by atoms with Crippen molar-refractivity contribution in [1.82, 2.24) is 19.7 Å². The lowest BCUT2D eigenvalue weighted by atomic mass is 10.1. The van der Waals surface area contributed by atoms with Gasteiger partial charge in [-0.15, -0.1) is 0 Å². The summed E-state index contributed by atoms with van der Waals surface area (Å²) >= 11 is 0. The van der Waals surface area contributed by atoms with E-state index in [1.807, 2.05) is 29.2 Å². The first-order valence-corrected chi connectivity index (χ1v) is 8.13. The fourth-order valence-electron chi connectivity index (χ4n) is 3.42. The van der Waals surface area contributed by atoms with Crippen molar-refractivity contribution in [3.63, 3.8) is 0 Å². The van der Waals surface area contributed by atoms with Crippen molar-refractivity contribution in [2.24, 2.45) is 0 Å². The zero-order valence-electron chi connectivity index (χ0n) is 13.2.